The van der Waals surface area contributed by atoms with Crippen molar-refractivity contribution in [2.75, 3.05) is 25.1 Å². The summed E-state index contributed by atoms with van der Waals surface area (Å²) >= 11 is 0. The number of hydrogen-bond acceptors (Lipinski definition) is 9. The Labute approximate surface area is 187 Å². The van der Waals surface area contributed by atoms with Crippen molar-refractivity contribution in [2.45, 2.75) is 6.92 Å². The average Bonchev–Trinajstić information content (AvgIpc) is 3.35. The summed E-state index contributed by atoms with van der Waals surface area (Å²) in [4.78, 5) is 20.9. The number of pyridine rings is 1. The smallest absolute Gasteiger partial charge is 0.347 e. The molecule has 0 amide bonds. The molecular formula is C23H20FN3O6. The fourth-order valence-electron chi connectivity index (χ4n) is 3.17. The van der Waals surface area contributed by atoms with Crippen LogP contribution < -0.4 is 10.1 Å². The number of carbonyl (C=O) groups excluding carboxylic acids is 1. The molecule has 9 nitrogen and oxygen atoms in total. The predicted octanol–water partition coefficient (Wildman–Crippen LogP) is 4.07. The van der Waals surface area contributed by atoms with Crippen LogP contribution in [0.25, 0.3) is 11.6 Å². The van der Waals surface area contributed by atoms with Gasteiger partial charge in [0.05, 0.1) is 18.9 Å². The second-order valence-electron chi connectivity index (χ2n) is 6.81. The fourth-order valence-corrected chi connectivity index (χ4v) is 3.17. The molecule has 1 aliphatic rings. The Morgan fingerprint density at radius 1 is 1.33 bits per heavy atom. The Bertz CT molecular complexity index is 1250. The number of ether oxygens (including phenoxy) is 2. The van der Waals surface area contributed by atoms with E-state index in [4.69, 9.17) is 19.0 Å². The number of halogens is 1. The zero-order chi connectivity index (χ0) is 23.4. The maximum atomic E-state index is 14.6. The summed E-state index contributed by atoms with van der Waals surface area (Å²) in [6, 6.07) is 7.53. The van der Waals surface area contributed by atoms with Crippen LogP contribution in [0, 0.1) is 5.82 Å². The molecule has 3 aromatic rings. The van der Waals surface area contributed by atoms with E-state index < -0.39 is 17.5 Å². The number of nitrogens with one attached hydrogen (secondary N) is 1. The van der Waals surface area contributed by atoms with E-state index in [1.54, 1.807) is 25.4 Å². The topological polar surface area (TPSA) is 126 Å². The van der Waals surface area contributed by atoms with E-state index >= 15 is 0 Å². The number of allylic oxidation sites excluding steroid dienone is 1. The van der Waals surface area contributed by atoms with Gasteiger partial charge in [-0.25, -0.2) is 19.2 Å². The summed E-state index contributed by atoms with van der Waals surface area (Å²) in [6.45, 7) is 1.50. The van der Waals surface area contributed by atoms with Crippen LogP contribution in [0.1, 0.15) is 28.6 Å². The first-order valence-corrected chi connectivity index (χ1v) is 10.1. The first kappa shape index (κ1) is 22.0. The maximum absolute atomic E-state index is 14.6. The molecule has 0 radical (unpaired) electrons. The number of aliphatic hydroxyl groups is 1. The van der Waals surface area contributed by atoms with E-state index in [-0.39, 0.29) is 48.5 Å². The van der Waals surface area contributed by atoms with Crippen molar-refractivity contribution in [3.63, 3.8) is 0 Å². The molecule has 0 fully saturated rings. The largest absolute Gasteiger partial charge is 0.504 e. The van der Waals surface area contributed by atoms with Gasteiger partial charge in [0.25, 0.3) is 0 Å². The second kappa shape index (κ2) is 9.53. The normalized spacial score (nSPS) is 13.2. The zero-order valence-corrected chi connectivity index (χ0v) is 17.5. The molecule has 0 spiro atoms. The summed E-state index contributed by atoms with van der Waals surface area (Å²) in [7, 11) is 0. The molecule has 0 unspecified atom stereocenters. The third kappa shape index (κ3) is 4.55. The van der Waals surface area contributed by atoms with Gasteiger partial charge in [0, 0.05) is 29.6 Å². The van der Waals surface area contributed by atoms with Crippen LogP contribution in [0.3, 0.4) is 0 Å². The lowest BCUT2D eigenvalue weighted by atomic mass is 10.1. The zero-order valence-electron chi connectivity index (χ0n) is 17.5. The molecule has 0 saturated heterocycles. The molecular weight excluding hydrogens is 433 g/mol. The Kier molecular flexibility index (Phi) is 6.36. The summed E-state index contributed by atoms with van der Waals surface area (Å²) < 4.78 is 30.5. The highest BCUT2D eigenvalue weighted by atomic mass is 19.1. The van der Waals surface area contributed by atoms with E-state index in [0.29, 0.717) is 11.4 Å². The number of aliphatic hydroxyl groups excluding tert-OH is 1. The number of aliphatic imine (C=N–C) groups is 1. The standard InChI is InChI=1S/C23H20FN3O6/c1-2-31-23(30)19-20(29)18(10-13-12-26-21-15(13)4-3-7-25-21)33-22(19)27-17-6-5-14(11-16(17)24)32-9-8-28/h3-7,10-12,27-29H,2,8-9H2,1H3. The van der Waals surface area contributed by atoms with Crippen molar-refractivity contribution in [1.82, 2.24) is 4.98 Å². The molecule has 1 aromatic carbocycles. The van der Waals surface area contributed by atoms with Gasteiger partial charge in [-0.2, -0.15) is 0 Å². The average molecular weight is 453 g/mol. The van der Waals surface area contributed by atoms with E-state index in [1.165, 1.54) is 18.2 Å². The number of aromatic nitrogens is 1. The van der Waals surface area contributed by atoms with E-state index in [9.17, 15) is 14.3 Å². The van der Waals surface area contributed by atoms with Crippen molar-refractivity contribution < 1.29 is 33.3 Å². The lowest BCUT2D eigenvalue weighted by molar-refractivity contribution is 0.0524. The molecule has 3 N–H and O–H groups in total. The molecule has 4 rings (SSSR count). The maximum Gasteiger partial charge on any atom is 0.347 e. The monoisotopic (exact) mass is 453 g/mol. The molecule has 170 valence electrons. The Morgan fingerprint density at radius 3 is 2.94 bits per heavy atom. The quantitative estimate of drug-likeness (QED) is 0.436. The van der Waals surface area contributed by atoms with Crippen molar-refractivity contribution in [2.24, 2.45) is 4.99 Å². The van der Waals surface area contributed by atoms with Crippen molar-refractivity contribution >= 4 is 41.2 Å². The van der Waals surface area contributed by atoms with Crippen molar-refractivity contribution in [3.8, 4) is 11.5 Å². The number of furan rings is 1. The van der Waals surface area contributed by atoms with Gasteiger partial charge in [-0.15, -0.1) is 0 Å². The Morgan fingerprint density at radius 2 is 2.18 bits per heavy atom. The van der Waals surface area contributed by atoms with Crippen LogP contribution in [-0.2, 0) is 4.74 Å². The van der Waals surface area contributed by atoms with E-state index in [1.807, 2.05) is 6.07 Å². The predicted molar refractivity (Wildman–Crippen MR) is 119 cm³/mol. The van der Waals surface area contributed by atoms with Crippen molar-refractivity contribution in [3.05, 3.63) is 59.2 Å². The number of esters is 1. The minimum absolute atomic E-state index is 0.0191. The first-order valence-electron chi connectivity index (χ1n) is 10.1. The van der Waals surface area contributed by atoms with Gasteiger partial charge >= 0.3 is 5.97 Å². The first-order chi connectivity index (χ1) is 16.0. The number of anilines is 2. The molecule has 1 aliphatic heterocycles. The SMILES string of the molecule is CCOC(=O)c1c(Nc2ccc(OCCO)cc2F)oc(C=C2C=Nc3ncccc32)c1O. The number of hydrogen-bond donors (Lipinski definition) is 3. The number of nitrogens with zero attached hydrogens (tertiary/aromatic N) is 2. The number of benzene rings is 1. The number of rotatable bonds is 8. The minimum Gasteiger partial charge on any atom is -0.504 e. The van der Waals surface area contributed by atoms with Gasteiger partial charge in [-0.3, -0.25) is 0 Å². The molecule has 2 aromatic heterocycles. The molecule has 0 saturated carbocycles. The highest BCUT2D eigenvalue weighted by Gasteiger charge is 2.28. The Balaban J connectivity index is 1.70. The number of fused-ring (bicyclic) bond motifs is 1. The molecule has 0 bridgehead atoms. The Hall–Kier alpha value is -4.18. The lowest BCUT2D eigenvalue weighted by Crippen LogP contribution is -2.07. The number of aromatic hydroxyl groups is 1. The van der Waals surface area contributed by atoms with Gasteiger partial charge in [-0.1, -0.05) is 0 Å². The van der Waals surface area contributed by atoms with Gasteiger partial charge in [-0.05, 0) is 37.3 Å². The molecule has 10 heteroatoms. The van der Waals surface area contributed by atoms with Gasteiger partial charge in [0.1, 0.15) is 18.2 Å². The van der Waals surface area contributed by atoms with Crippen LogP contribution in [0.4, 0.5) is 21.8 Å². The van der Waals surface area contributed by atoms with Crippen LogP contribution in [0.15, 0.2) is 45.9 Å². The fraction of sp³-hybridized carbons (Fsp3) is 0.174. The molecule has 0 aliphatic carbocycles. The highest BCUT2D eigenvalue weighted by molar-refractivity contribution is 6.21. The number of carbonyl (C=O) groups is 1. The van der Waals surface area contributed by atoms with Crippen LogP contribution in [-0.4, -0.2) is 47.2 Å². The minimum atomic E-state index is -0.837. The van der Waals surface area contributed by atoms with Gasteiger partial charge in [0.2, 0.25) is 5.88 Å². The molecule has 33 heavy (non-hydrogen) atoms. The molecule has 3 heterocycles. The van der Waals surface area contributed by atoms with E-state index in [0.717, 1.165) is 11.6 Å². The summed E-state index contributed by atoms with van der Waals surface area (Å²) in [5.41, 5.74) is 1.04. The third-order valence-corrected chi connectivity index (χ3v) is 4.65. The van der Waals surface area contributed by atoms with Gasteiger partial charge in [0.15, 0.2) is 22.9 Å². The van der Waals surface area contributed by atoms with Crippen LogP contribution >= 0.6 is 0 Å². The molecule has 0 atom stereocenters. The lowest BCUT2D eigenvalue weighted by Gasteiger charge is -2.09. The summed E-state index contributed by atoms with van der Waals surface area (Å²) in [5.74, 6) is -1.49. The summed E-state index contributed by atoms with van der Waals surface area (Å²) in [6.07, 6.45) is 4.67. The van der Waals surface area contributed by atoms with E-state index in [2.05, 4.69) is 15.3 Å². The third-order valence-electron chi connectivity index (χ3n) is 4.65. The summed E-state index contributed by atoms with van der Waals surface area (Å²) in [5, 5.41) is 22.2. The highest BCUT2D eigenvalue weighted by Crippen LogP contribution is 2.39. The van der Waals surface area contributed by atoms with Crippen LogP contribution in [0.5, 0.6) is 11.5 Å². The van der Waals surface area contributed by atoms with Crippen molar-refractivity contribution in [1.29, 1.82) is 0 Å². The van der Waals surface area contributed by atoms with Gasteiger partial charge < -0.3 is 29.4 Å². The van der Waals surface area contributed by atoms with Crippen LogP contribution in [0.2, 0.25) is 0 Å². The second-order valence-corrected chi connectivity index (χ2v) is 6.81.